The van der Waals surface area contributed by atoms with Crippen molar-refractivity contribution in [2.24, 2.45) is 5.73 Å². The molecule has 11 heavy (non-hydrogen) atoms. The number of carboxylic acid groups (broad SMARTS) is 1. The zero-order valence-electron chi connectivity index (χ0n) is 7.07. The number of nitrogens with two attached hydrogens (primary N) is 1. The van der Waals surface area contributed by atoms with Gasteiger partial charge in [-0.25, -0.2) is 0 Å². The Morgan fingerprint density at radius 2 is 1.91 bits per heavy atom. The Hall–Kier alpha value is -0.610. The van der Waals surface area contributed by atoms with Gasteiger partial charge in [0.2, 0.25) is 0 Å². The average molecular weight is 161 g/mol. The third kappa shape index (κ3) is 3.95. The third-order valence-corrected chi connectivity index (χ3v) is 1.28. The van der Waals surface area contributed by atoms with E-state index in [1.165, 1.54) is 0 Å². The van der Waals surface area contributed by atoms with Gasteiger partial charge in [-0.2, -0.15) is 0 Å². The van der Waals surface area contributed by atoms with Crippen LogP contribution in [0.2, 0.25) is 0 Å². The number of rotatable bonds is 4. The third-order valence-electron chi connectivity index (χ3n) is 1.28. The van der Waals surface area contributed by atoms with Crippen LogP contribution in [0.3, 0.4) is 0 Å². The Kier molecular flexibility index (Phi) is 4.07. The van der Waals surface area contributed by atoms with Crippen molar-refractivity contribution in [3.05, 3.63) is 0 Å². The van der Waals surface area contributed by atoms with Crippen molar-refractivity contribution < 1.29 is 14.6 Å². The molecule has 0 spiro atoms. The number of ether oxygens (including phenoxy) is 1. The van der Waals surface area contributed by atoms with Gasteiger partial charge < -0.3 is 15.6 Å². The first-order valence-corrected chi connectivity index (χ1v) is 3.59. The molecular weight excluding hydrogens is 146 g/mol. The summed E-state index contributed by atoms with van der Waals surface area (Å²) in [5, 5.41) is 8.46. The molecule has 0 rings (SSSR count). The van der Waals surface area contributed by atoms with Gasteiger partial charge in [-0.05, 0) is 20.8 Å². The molecule has 0 fully saturated rings. The summed E-state index contributed by atoms with van der Waals surface area (Å²) in [6.07, 6.45) is -0.428. The van der Waals surface area contributed by atoms with E-state index in [9.17, 15) is 4.79 Å². The lowest BCUT2D eigenvalue weighted by Gasteiger charge is -2.18. The van der Waals surface area contributed by atoms with E-state index >= 15 is 0 Å². The van der Waals surface area contributed by atoms with Gasteiger partial charge in [-0.3, -0.25) is 4.79 Å². The largest absolute Gasteiger partial charge is 0.480 e. The van der Waals surface area contributed by atoms with E-state index in [1.54, 1.807) is 6.92 Å². The quantitative estimate of drug-likeness (QED) is 0.618. The second kappa shape index (κ2) is 4.31. The molecular formula is C7H15NO3. The van der Waals surface area contributed by atoms with Gasteiger partial charge in [0, 0.05) is 0 Å². The summed E-state index contributed by atoms with van der Waals surface area (Å²) >= 11 is 0. The highest BCUT2D eigenvalue weighted by Gasteiger charge is 2.20. The standard InChI is InChI=1S/C7H15NO3/c1-4(2)11-5(3)6(8)7(9)10/h4-6H,8H2,1-3H3,(H,9,10)/t5-,6-/m0/s1. The van der Waals surface area contributed by atoms with Gasteiger partial charge >= 0.3 is 5.97 Å². The van der Waals surface area contributed by atoms with Crippen molar-refractivity contribution in [1.82, 2.24) is 0 Å². The number of hydrogen-bond acceptors (Lipinski definition) is 3. The molecule has 2 atom stereocenters. The van der Waals surface area contributed by atoms with E-state index in [4.69, 9.17) is 15.6 Å². The van der Waals surface area contributed by atoms with Crippen LogP contribution in [0.15, 0.2) is 0 Å². The predicted molar refractivity (Wildman–Crippen MR) is 41.3 cm³/mol. The molecule has 0 radical (unpaired) electrons. The molecule has 0 amide bonds. The first kappa shape index (κ1) is 10.4. The number of carbonyl (C=O) groups is 1. The van der Waals surface area contributed by atoms with Gasteiger partial charge in [0.25, 0.3) is 0 Å². The van der Waals surface area contributed by atoms with E-state index in [2.05, 4.69) is 0 Å². The molecule has 66 valence electrons. The smallest absolute Gasteiger partial charge is 0.323 e. The Balaban J connectivity index is 3.82. The monoisotopic (exact) mass is 161 g/mol. The van der Waals surface area contributed by atoms with Crippen LogP contribution in [0.5, 0.6) is 0 Å². The number of carboxylic acids is 1. The molecule has 4 heteroatoms. The van der Waals surface area contributed by atoms with Gasteiger partial charge in [0.1, 0.15) is 6.04 Å². The van der Waals surface area contributed by atoms with E-state index in [0.29, 0.717) is 0 Å². The van der Waals surface area contributed by atoms with Crippen LogP contribution in [0.4, 0.5) is 0 Å². The minimum atomic E-state index is -1.03. The normalized spacial score (nSPS) is 16.5. The first-order chi connectivity index (χ1) is 4.95. The number of aliphatic carboxylic acids is 1. The Labute approximate surface area is 66.3 Å². The molecule has 0 aliphatic heterocycles. The van der Waals surface area contributed by atoms with E-state index < -0.39 is 18.1 Å². The molecule has 0 saturated heterocycles. The van der Waals surface area contributed by atoms with Crippen molar-refractivity contribution >= 4 is 5.97 Å². The summed E-state index contributed by atoms with van der Waals surface area (Å²) in [6.45, 7) is 5.33. The first-order valence-electron chi connectivity index (χ1n) is 3.59. The van der Waals surface area contributed by atoms with Crippen molar-refractivity contribution in [3.8, 4) is 0 Å². The Bertz CT molecular complexity index is 136. The molecule has 0 saturated carbocycles. The molecule has 0 aliphatic carbocycles. The summed E-state index contributed by atoms with van der Waals surface area (Å²) in [5.41, 5.74) is 5.28. The van der Waals surface area contributed by atoms with Crippen molar-refractivity contribution in [2.75, 3.05) is 0 Å². The van der Waals surface area contributed by atoms with Crippen LogP contribution in [0.25, 0.3) is 0 Å². The molecule has 3 N–H and O–H groups in total. The van der Waals surface area contributed by atoms with E-state index in [-0.39, 0.29) is 6.10 Å². The fraction of sp³-hybridized carbons (Fsp3) is 0.857. The lowest BCUT2D eigenvalue weighted by Crippen LogP contribution is -2.42. The topological polar surface area (TPSA) is 72.5 Å². The molecule has 4 nitrogen and oxygen atoms in total. The van der Waals surface area contributed by atoms with Gasteiger partial charge in [-0.15, -0.1) is 0 Å². The van der Waals surface area contributed by atoms with Crippen LogP contribution in [0, 0.1) is 0 Å². The minimum Gasteiger partial charge on any atom is -0.480 e. The van der Waals surface area contributed by atoms with Crippen LogP contribution in [0.1, 0.15) is 20.8 Å². The van der Waals surface area contributed by atoms with Crippen LogP contribution >= 0.6 is 0 Å². The lowest BCUT2D eigenvalue weighted by atomic mass is 10.2. The maximum atomic E-state index is 10.3. The summed E-state index contributed by atoms with van der Waals surface area (Å²) < 4.78 is 5.17. The Morgan fingerprint density at radius 3 is 2.18 bits per heavy atom. The molecule has 0 aliphatic rings. The predicted octanol–water partition coefficient (Wildman–Crippen LogP) is 0.212. The molecule has 0 bridgehead atoms. The highest BCUT2D eigenvalue weighted by atomic mass is 16.5. The number of hydrogen-bond donors (Lipinski definition) is 2. The zero-order chi connectivity index (χ0) is 9.02. The molecule has 0 aromatic rings. The summed E-state index contributed by atoms with van der Waals surface area (Å²) in [7, 11) is 0. The Morgan fingerprint density at radius 1 is 1.45 bits per heavy atom. The fourth-order valence-corrected chi connectivity index (χ4v) is 0.715. The van der Waals surface area contributed by atoms with Gasteiger partial charge in [0.15, 0.2) is 0 Å². The van der Waals surface area contributed by atoms with Crippen molar-refractivity contribution in [3.63, 3.8) is 0 Å². The highest BCUT2D eigenvalue weighted by molar-refractivity contribution is 5.73. The minimum absolute atomic E-state index is 0.00963. The highest BCUT2D eigenvalue weighted by Crippen LogP contribution is 2.00. The molecule has 0 heterocycles. The van der Waals surface area contributed by atoms with Gasteiger partial charge in [-0.1, -0.05) is 0 Å². The molecule has 0 aromatic heterocycles. The summed E-state index contributed by atoms with van der Waals surface area (Å²) in [4.78, 5) is 10.3. The zero-order valence-corrected chi connectivity index (χ0v) is 7.07. The maximum Gasteiger partial charge on any atom is 0.323 e. The van der Waals surface area contributed by atoms with Crippen molar-refractivity contribution in [2.45, 2.75) is 39.0 Å². The molecule has 0 aromatic carbocycles. The maximum absolute atomic E-state index is 10.3. The van der Waals surface area contributed by atoms with E-state index in [1.807, 2.05) is 13.8 Å². The second-order valence-electron chi connectivity index (χ2n) is 2.75. The van der Waals surface area contributed by atoms with E-state index in [0.717, 1.165) is 0 Å². The van der Waals surface area contributed by atoms with Crippen LogP contribution < -0.4 is 5.73 Å². The van der Waals surface area contributed by atoms with Crippen molar-refractivity contribution in [1.29, 1.82) is 0 Å². The van der Waals surface area contributed by atoms with Crippen LogP contribution in [-0.4, -0.2) is 29.3 Å². The summed E-state index contributed by atoms with van der Waals surface area (Å²) in [6, 6.07) is -0.933. The fourth-order valence-electron chi connectivity index (χ4n) is 0.715. The van der Waals surface area contributed by atoms with Crippen LogP contribution in [-0.2, 0) is 9.53 Å². The summed E-state index contributed by atoms with van der Waals surface area (Å²) in [5.74, 6) is -1.03. The van der Waals surface area contributed by atoms with Gasteiger partial charge in [0.05, 0.1) is 12.2 Å². The second-order valence-corrected chi connectivity index (χ2v) is 2.75. The molecule has 0 unspecified atom stereocenters. The lowest BCUT2D eigenvalue weighted by molar-refractivity contribution is -0.142. The average Bonchev–Trinajstić information content (AvgIpc) is 1.84. The SMILES string of the molecule is CC(C)O[C@@H](C)[C@H](N)C(=O)O.